The van der Waals surface area contributed by atoms with Crippen LogP contribution in [-0.2, 0) is 5.41 Å². The van der Waals surface area contributed by atoms with Crippen molar-refractivity contribution in [3.63, 3.8) is 0 Å². The summed E-state index contributed by atoms with van der Waals surface area (Å²) in [7, 11) is 0. The van der Waals surface area contributed by atoms with Crippen LogP contribution in [0.5, 0.6) is 0 Å². The molecule has 2 aromatic heterocycles. The molecule has 2 heterocycles. The summed E-state index contributed by atoms with van der Waals surface area (Å²) in [5.74, 6) is 2.97. The van der Waals surface area contributed by atoms with Crippen molar-refractivity contribution in [1.82, 2.24) is 9.97 Å². The van der Waals surface area contributed by atoms with Crippen LogP contribution in [0.1, 0.15) is 43.2 Å². The van der Waals surface area contributed by atoms with Crippen molar-refractivity contribution in [3.8, 4) is 33.6 Å². The summed E-state index contributed by atoms with van der Waals surface area (Å²) in [6.07, 6.45) is 6.74. The number of aromatic nitrogens is 2. The summed E-state index contributed by atoms with van der Waals surface area (Å²) in [4.78, 5) is 10.9. The first kappa shape index (κ1) is 28.7. The van der Waals surface area contributed by atoms with Crippen LogP contribution in [0.2, 0.25) is 0 Å². The maximum Gasteiger partial charge on any atom is 0.135 e. The van der Waals surface area contributed by atoms with Gasteiger partial charge in [-0.15, -0.1) is 0 Å². The van der Waals surface area contributed by atoms with E-state index in [-0.39, 0.29) is 5.41 Å². The van der Waals surface area contributed by atoms with Crippen LogP contribution < -0.4 is 0 Å². The Morgan fingerprint density at radius 3 is 2.00 bits per heavy atom. The summed E-state index contributed by atoms with van der Waals surface area (Å²) in [6.45, 7) is 0. The third-order valence-corrected chi connectivity index (χ3v) is 14.0. The van der Waals surface area contributed by atoms with E-state index >= 15 is 0 Å². The molecule has 4 saturated carbocycles. The van der Waals surface area contributed by atoms with Gasteiger partial charge in [-0.25, -0.2) is 9.97 Å². The fourth-order valence-electron chi connectivity index (χ4n) is 12.3. The Kier molecular flexibility index (Phi) is 5.53. The van der Waals surface area contributed by atoms with Crippen molar-refractivity contribution in [2.75, 3.05) is 0 Å². The number of nitrogens with zero attached hydrogens (tertiary/aromatic N) is 2. The van der Waals surface area contributed by atoms with E-state index in [2.05, 4.69) is 133 Å². The molecule has 53 heavy (non-hydrogen) atoms. The van der Waals surface area contributed by atoms with Gasteiger partial charge in [-0.1, -0.05) is 109 Å². The molecule has 0 aliphatic heterocycles. The number of furan rings is 1. The molecule has 0 N–H and O–H groups in total. The van der Waals surface area contributed by atoms with Crippen molar-refractivity contribution in [2.45, 2.75) is 37.5 Å². The number of rotatable bonds is 2. The number of hydrogen-bond donors (Lipinski definition) is 0. The van der Waals surface area contributed by atoms with Gasteiger partial charge in [-0.3, -0.25) is 0 Å². The second kappa shape index (κ2) is 10.2. The summed E-state index contributed by atoms with van der Waals surface area (Å²) < 4.78 is 6.63. The van der Waals surface area contributed by atoms with Gasteiger partial charge in [-0.05, 0) is 118 Å². The standard InChI is InChI=1S/C50H36N2O/c1-2-9-32(10-3-1)47-48(52-49-36-11-5-4-8-30(36)17-20-41(49)51-47)33-15-14-31-16-18-37-38-19-21-43-44(39-12-6-7-13-42(39)53-43)46(38)50(45(37)40(31)27-33)34-23-28-22-29(25-34)26-35(50)24-28/h1-21,27-29,34-35H,22-26H2. The Bertz CT molecular complexity index is 3000. The van der Waals surface area contributed by atoms with Crippen LogP contribution in [0.25, 0.3) is 88.2 Å². The minimum atomic E-state index is -0.0457. The Labute approximate surface area is 307 Å². The molecule has 7 aromatic carbocycles. The molecule has 5 aliphatic rings. The SMILES string of the molecule is c1ccc(-c2nc3ccc4ccccc4c3nc2-c2ccc3ccc4c(c3c2)C2(c3c-4ccc4oc5ccccc5c34)C3CC4CC(C3)CC2C4)cc1. The van der Waals surface area contributed by atoms with E-state index in [1.165, 1.54) is 70.2 Å². The molecule has 4 bridgehead atoms. The Balaban J connectivity index is 1.13. The zero-order valence-corrected chi connectivity index (χ0v) is 29.3. The first-order valence-corrected chi connectivity index (χ1v) is 19.5. The second-order valence-electron chi connectivity index (χ2n) is 16.5. The molecule has 0 radical (unpaired) electrons. The van der Waals surface area contributed by atoms with Crippen LogP contribution in [0.15, 0.2) is 138 Å². The van der Waals surface area contributed by atoms with Crippen LogP contribution in [0.3, 0.4) is 0 Å². The summed E-state index contributed by atoms with van der Waals surface area (Å²) >= 11 is 0. The predicted molar refractivity (Wildman–Crippen MR) is 216 cm³/mol. The minimum Gasteiger partial charge on any atom is -0.456 e. The molecule has 0 amide bonds. The number of fused-ring (bicyclic) bond motifs is 12. The quantitative estimate of drug-likeness (QED) is 0.171. The van der Waals surface area contributed by atoms with E-state index in [1.54, 1.807) is 11.1 Å². The average Bonchev–Trinajstić information content (AvgIpc) is 3.73. The Morgan fingerprint density at radius 1 is 0.491 bits per heavy atom. The first-order valence-electron chi connectivity index (χ1n) is 19.5. The van der Waals surface area contributed by atoms with Crippen molar-refractivity contribution in [2.24, 2.45) is 23.7 Å². The predicted octanol–water partition coefficient (Wildman–Crippen LogP) is 12.9. The lowest BCUT2D eigenvalue weighted by molar-refractivity contribution is -0.0387. The maximum atomic E-state index is 6.63. The van der Waals surface area contributed by atoms with Crippen LogP contribution in [-0.4, -0.2) is 9.97 Å². The lowest BCUT2D eigenvalue weighted by atomic mass is 9.42. The Hall–Kier alpha value is -5.80. The molecular formula is C50H36N2O. The fraction of sp³-hybridized carbons (Fsp3) is 0.200. The van der Waals surface area contributed by atoms with E-state index in [0.717, 1.165) is 61.9 Å². The smallest absolute Gasteiger partial charge is 0.135 e. The molecule has 3 heteroatoms. The molecule has 4 fully saturated rings. The van der Waals surface area contributed by atoms with Crippen LogP contribution in [0.4, 0.5) is 0 Å². The first-order chi connectivity index (χ1) is 26.2. The van der Waals surface area contributed by atoms with Crippen LogP contribution >= 0.6 is 0 Å². The third-order valence-electron chi connectivity index (χ3n) is 14.0. The van der Waals surface area contributed by atoms with E-state index in [9.17, 15) is 0 Å². The highest BCUT2D eigenvalue weighted by Crippen LogP contribution is 2.71. The van der Waals surface area contributed by atoms with Crippen molar-refractivity contribution < 1.29 is 4.42 Å². The fourth-order valence-corrected chi connectivity index (χ4v) is 12.3. The van der Waals surface area contributed by atoms with Crippen molar-refractivity contribution in [3.05, 3.63) is 145 Å². The highest BCUT2D eigenvalue weighted by molar-refractivity contribution is 6.13. The normalized spacial score (nSPS) is 23.9. The lowest BCUT2D eigenvalue weighted by Crippen LogP contribution is -2.55. The number of benzene rings is 7. The average molecular weight is 681 g/mol. The monoisotopic (exact) mass is 680 g/mol. The number of para-hydroxylation sites is 1. The summed E-state index contributed by atoms with van der Waals surface area (Å²) in [5, 5.41) is 7.62. The molecule has 3 nitrogen and oxygen atoms in total. The van der Waals surface area contributed by atoms with Crippen molar-refractivity contribution in [1.29, 1.82) is 0 Å². The van der Waals surface area contributed by atoms with Gasteiger partial charge in [-0.2, -0.15) is 0 Å². The van der Waals surface area contributed by atoms with Gasteiger partial charge in [0.2, 0.25) is 0 Å². The van der Waals surface area contributed by atoms with E-state index in [0.29, 0.717) is 11.8 Å². The van der Waals surface area contributed by atoms with Gasteiger partial charge in [0.25, 0.3) is 0 Å². The molecule has 0 saturated heterocycles. The van der Waals surface area contributed by atoms with E-state index < -0.39 is 0 Å². The molecule has 5 aliphatic carbocycles. The Morgan fingerprint density at radius 2 is 1.15 bits per heavy atom. The van der Waals surface area contributed by atoms with Crippen molar-refractivity contribution >= 4 is 54.5 Å². The third kappa shape index (κ3) is 3.70. The zero-order chi connectivity index (χ0) is 34.4. The largest absolute Gasteiger partial charge is 0.456 e. The lowest BCUT2D eigenvalue weighted by Gasteiger charge is -2.61. The van der Waals surface area contributed by atoms with E-state index in [4.69, 9.17) is 14.4 Å². The molecule has 14 rings (SSSR count). The number of hydrogen-bond acceptors (Lipinski definition) is 3. The molecule has 0 unspecified atom stereocenters. The molecule has 0 atom stereocenters. The molecule has 252 valence electrons. The van der Waals surface area contributed by atoms with Gasteiger partial charge in [0.15, 0.2) is 0 Å². The molecule has 1 spiro atoms. The minimum absolute atomic E-state index is 0.0457. The summed E-state index contributed by atoms with van der Waals surface area (Å²) in [5.41, 5.74) is 13.9. The van der Waals surface area contributed by atoms with E-state index in [1.807, 2.05) is 0 Å². The molecule has 9 aromatic rings. The van der Waals surface area contributed by atoms with Crippen LogP contribution in [0, 0.1) is 23.7 Å². The van der Waals surface area contributed by atoms with Gasteiger partial charge in [0.05, 0.1) is 22.4 Å². The maximum absolute atomic E-state index is 6.63. The van der Waals surface area contributed by atoms with Gasteiger partial charge in [0.1, 0.15) is 11.2 Å². The highest BCUT2D eigenvalue weighted by Gasteiger charge is 2.62. The van der Waals surface area contributed by atoms with Gasteiger partial charge in [0, 0.05) is 32.7 Å². The second-order valence-corrected chi connectivity index (χ2v) is 16.5. The summed E-state index contributed by atoms with van der Waals surface area (Å²) in [6, 6.07) is 48.8. The highest BCUT2D eigenvalue weighted by atomic mass is 16.3. The van der Waals surface area contributed by atoms with Gasteiger partial charge >= 0.3 is 0 Å². The van der Waals surface area contributed by atoms with Gasteiger partial charge < -0.3 is 4.42 Å². The molecular weight excluding hydrogens is 645 g/mol. The topological polar surface area (TPSA) is 38.9 Å². The zero-order valence-electron chi connectivity index (χ0n) is 29.3.